The fraction of sp³-hybridized carbons (Fsp3) is 0.269. The van der Waals surface area contributed by atoms with Crippen LogP contribution in [0.3, 0.4) is 0 Å². The largest absolute Gasteiger partial charge is 0.489 e. The Morgan fingerprint density at radius 2 is 1.76 bits per heavy atom. The van der Waals surface area contributed by atoms with E-state index in [9.17, 15) is 18.3 Å². The third-order valence-corrected chi connectivity index (χ3v) is 7.20. The highest BCUT2D eigenvalue weighted by Crippen LogP contribution is 2.19. The highest BCUT2D eigenvalue weighted by atomic mass is 32.2. The highest BCUT2D eigenvalue weighted by molar-refractivity contribution is 7.89. The van der Waals surface area contributed by atoms with Gasteiger partial charge in [-0.25, -0.2) is 17.9 Å². The van der Waals surface area contributed by atoms with Crippen LogP contribution in [-0.2, 0) is 29.5 Å². The molecule has 2 N–H and O–H groups in total. The van der Waals surface area contributed by atoms with Gasteiger partial charge in [0, 0.05) is 7.97 Å². The number of aryl methyl sites for hydroxylation is 2. The van der Waals surface area contributed by atoms with Crippen molar-refractivity contribution in [3.8, 4) is 5.75 Å². The van der Waals surface area contributed by atoms with Crippen LogP contribution in [-0.4, -0.2) is 26.0 Å². The lowest BCUT2D eigenvalue weighted by Gasteiger charge is -2.11. The van der Waals surface area contributed by atoms with Gasteiger partial charge in [-0.05, 0) is 78.8 Å². The van der Waals surface area contributed by atoms with Crippen molar-refractivity contribution in [2.24, 2.45) is 0 Å². The van der Waals surface area contributed by atoms with Crippen LogP contribution in [0, 0.1) is 13.8 Å². The summed E-state index contributed by atoms with van der Waals surface area (Å²) < 4.78 is 33.6. The van der Waals surface area contributed by atoms with Gasteiger partial charge in [0.25, 0.3) is 0 Å². The Morgan fingerprint density at radius 3 is 2.42 bits per heavy atom. The van der Waals surface area contributed by atoms with E-state index in [1.54, 1.807) is 6.07 Å². The molecule has 6 nitrogen and oxygen atoms in total. The maximum absolute atomic E-state index is 12.6. The smallest absolute Gasteiger partial charge is 0.336 e. The predicted molar refractivity (Wildman–Crippen MR) is 130 cm³/mol. The van der Waals surface area contributed by atoms with E-state index in [0.717, 1.165) is 16.9 Å². The minimum atomic E-state index is -3.80. The van der Waals surface area contributed by atoms with Gasteiger partial charge in [-0.3, -0.25) is 0 Å². The molecule has 3 aromatic carbocycles. The number of hydrogen-bond donors (Lipinski definition) is 2. The van der Waals surface area contributed by atoms with E-state index in [0.29, 0.717) is 25.0 Å². The van der Waals surface area contributed by atoms with Crippen LogP contribution >= 0.6 is 0 Å². The van der Waals surface area contributed by atoms with E-state index < -0.39 is 16.0 Å². The van der Waals surface area contributed by atoms with Crippen LogP contribution in [0.5, 0.6) is 5.75 Å². The first kappa shape index (κ1) is 24.5. The fourth-order valence-corrected chi connectivity index (χ4v) is 4.58. The van der Waals surface area contributed by atoms with E-state index in [1.165, 1.54) is 23.3 Å². The number of rotatable bonds is 10. The molecule has 0 radical (unpaired) electrons. The number of ether oxygens (including phenoxy) is 1. The number of benzene rings is 3. The summed E-state index contributed by atoms with van der Waals surface area (Å²) in [5.41, 5.74) is 5.17. The summed E-state index contributed by atoms with van der Waals surface area (Å²) in [5, 5.41) is 9.34. The molecule has 7 heteroatoms. The Labute approximate surface area is 196 Å². The van der Waals surface area contributed by atoms with Gasteiger partial charge in [-0.1, -0.05) is 43.3 Å². The topological polar surface area (TPSA) is 92.7 Å². The van der Waals surface area contributed by atoms with Crippen LogP contribution in [0.1, 0.15) is 46.5 Å². The Bertz CT molecular complexity index is 1240. The Hall–Kier alpha value is -3.16. The molecule has 0 spiro atoms. The van der Waals surface area contributed by atoms with Crippen LogP contribution in [0.2, 0.25) is 0 Å². The van der Waals surface area contributed by atoms with Gasteiger partial charge in [0.1, 0.15) is 12.4 Å². The Kier molecular flexibility index (Phi) is 7.89. The summed E-state index contributed by atoms with van der Waals surface area (Å²) in [7, 11) is -3.80. The molecule has 3 aromatic rings. The molecule has 3 rings (SSSR count). The number of carboxylic acid groups (broad SMARTS) is 1. The van der Waals surface area contributed by atoms with Gasteiger partial charge >= 0.3 is 5.97 Å². The average molecular weight is 470 g/mol. The molecule has 176 valence electrons. The summed E-state index contributed by atoms with van der Waals surface area (Å²) >= 11 is 0. The number of aromatic carboxylic acids is 1. The second-order valence-corrected chi connectivity index (χ2v) is 9.68. The summed E-state index contributed by atoms with van der Waals surface area (Å²) in [6, 6.07) is 17.9. The predicted octanol–water partition coefficient (Wildman–Crippen LogP) is 4.91. The van der Waals surface area contributed by atoms with Gasteiger partial charge in [0.15, 0.2) is 0 Å². The molecule has 0 saturated heterocycles. The van der Waals surface area contributed by atoms with Gasteiger partial charge in [0.2, 0.25) is 10.0 Å². The molecule has 0 aliphatic carbocycles. The minimum Gasteiger partial charge on any atom is -0.489 e. The molecule has 0 aliphatic rings. The van der Waals surface area contributed by atoms with E-state index in [2.05, 4.69) is 30.7 Å². The zero-order valence-electron chi connectivity index (χ0n) is 19.1. The van der Waals surface area contributed by atoms with Crippen molar-refractivity contribution in [3.63, 3.8) is 0 Å². The van der Waals surface area contributed by atoms with Crippen molar-refractivity contribution in [2.75, 3.05) is 6.54 Å². The Balaban J connectivity index is 0.00000408. The van der Waals surface area contributed by atoms with Gasteiger partial charge < -0.3 is 9.84 Å². The molecule has 0 unspecified atom stereocenters. The SMILES string of the molecule is CCc1ccc(S(=O)(=O)NCCc2ccc(OCc3cccc(C)c3C)cc2)cc1C(=O)O.[HH]. The second kappa shape index (κ2) is 10.6. The monoisotopic (exact) mass is 469 g/mol. The number of hydrogen-bond acceptors (Lipinski definition) is 4. The van der Waals surface area contributed by atoms with E-state index in [-0.39, 0.29) is 18.4 Å². The van der Waals surface area contributed by atoms with Gasteiger partial charge in [-0.15, -0.1) is 0 Å². The maximum Gasteiger partial charge on any atom is 0.336 e. The van der Waals surface area contributed by atoms with Crippen molar-refractivity contribution in [1.82, 2.24) is 4.72 Å². The van der Waals surface area contributed by atoms with Crippen LogP contribution in [0.15, 0.2) is 65.6 Å². The summed E-state index contributed by atoms with van der Waals surface area (Å²) in [4.78, 5) is 11.4. The van der Waals surface area contributed by atoms with Crippen molar-refractivity contribution < 1.29 is 24.5 Å². The van der Waals surface area contributed by atoms with Crippen molar-refractivity contribution in [3.05, 3.63) is 94.0 Å². The van der Waals surface area contributed by atoms with Crippen LogP contribution < -0.4 is 9.46 Å². The molecule has 0 heterocycles. The summed E-state index contributed by atoms with van der Waals surface area (Å²) in [5.74, 6) is -0.388. The van der Waals surface area contributed by atoms with Gasteiger partial charge in [-0.2, -0.15) is 0 Å². The molecular formula is C26H31NO5S. The van der Waals surface area contributed by atoms with Crippen molar-refractivity contribution in [2.45, 2.75) is 45.1 Å². The van der Waals surface area contributed by atoms with E-state index in [1.807, 2.05) is 37.3 Å². The number of carboxylic acids is 1. The molecular weight excluding hydrogens is 438 g/mol. The van der Waals surface area contributed by atoms with E-state index >= 15 is 0 Å². The zero-order valence-corrected chi connectivity index (χ0v) is 19.9. The molecule has 0 aromatic heterocycles. The third kappa shape index (κ3) is 6.21. The first-order valence-corrected chi connectivity index (χ1v) is 12.3. The number of carbonyl (C=O) groups is 1. The van der Waals surface area contributed by atoms with E-state index in [4.69, 9.17) is 4.74 Å². The molecule has 0 atom stereocenters. The fourth-order valence-electron chi connectivity index (χ4n) is 3.52. The second-order valence-electron chi connectivity index (χ2n) is 7.92. The standard InChI is InChI=1S/C26H29NO5S.H2/c1-4-21-10-13-24(16-25(21)26(28)29)33(30,31)27-15-14-20-8-11-23(12-9-20)32-17-22-7-5-6-18(2)19(22)3;/h5-13,16,27H,4,14-15,17H2,1-3H3,(H,28,29);1H. The molecule has 0 fully saturated rings. The zero-order chi connectivity index (χ0) is 24.0. The van der Waals surface area contributed by atoms with Gasteiger partial charge in [0.05, 0.1) is 10.5 Å². The lowest BCUT2D eigenvalue weighted by Crippen LogP contribution is -2.26. The molecule has 0 saturated carbocycles. The van der Waals surface area contributed by atoms with Crippen LogP contribution in [0.4, 0.5) is 0 Å². The normalized spacial score (nSPS) is 11.4. The molecule has 0 bridgehead atoms. The lowest BCUT2D eigenvalue weighted by molar-refractivity contribution is 0.0695. The number of sulfonamides is 1. The highest BCUT2D eigenvalue weighted by Gasteiger charge is 2.18. The minimum absolute atomic E-state index is 0. The molecule has 0 amide bonds. The summed E-state index contributed by atoms with van der Waals surface area (Å²) in [6.45, 7) is 6.67. The Morgan fingerprint density at radius 1 is 1.03 bits per heavy atom. The van der Waals surface area contributed by atoms with Crippen LogP contribution in [0.25, 0.3) is 0 Å². The quantitative estimate of drug-likeness (QED) is 0.440. The number of nitrogens with one attached hydrogen (secondary N) is 1. The maximum atomic E-state index is 12.6. The lowest BCUT2D eigenvalue weighted by atomic mass is 10.0. The first-order valence-electron chi connectivity index (χ1n) is 10.8. The average Bonchev–Trinajstić information content (AvgIpc) is 2.80. The summed E-state index contributed by atoms with van der Waals surface area (Å²) in [6.07, 6.45) is 1.01. The third-order valence-electron chi connectivity index (χ3n) is 5.74. The first-order chi connectivity index (χ1) is 15.7. The molecule has 0 aliphatic heterocycles. The van der Waals surface area contributed by atoms with Crippen molar-refractivity contribution >= 4 is 16.0 Å². The molecule has 33 heavy (non-hydrogen) atoms. The van der Waals surface area contributed by atoms with Crippen molar-refractivity contribution in [1.29, 1.82) is 0 Å².